The number of nitrogens with one attached hydrogen (secondary N) is 1. The van der Waals surface area contributed by atoms with Gasteiger partial charge in [-0.05, 0) is 35.8 Å². The van der Waals surface area contributed by atoms with Gasteiger partial charge in [0.15, 0.2) is 0 Å². The maximum Gasteiger partial charge on any atom is 0.248 e. The Morgan fingerprint density at radius 3 is 2.80 bits per heavy atom. The van der Waals surface area contributed by atoms with E-state index in [9.17, 15) is 4.79 Å². The number of anilines is 1. The van der Waals surface area contributed by atoms with Crippen molar-refractivity contribution >= 4 is 39.1 Å². The molecule has 1 N–H and O–H groups in total. The molecule has 0 spiro atoms. The van der Waals surface area contributed by atoms with Gasteiger partial charge in [-0.1, -0.05) is 17.2 Å². The van der Waals surface area contributed by atoms with Crippen molar-refractivity contribution < 1.29 is 4.79 Å². The van der Waals surface area contributed by atoms with Gasteiger partial charge < -0.3 is 5.32 Å². The summed E-state index contributed by atoms with van der Waals surface area (Å²) in [4.78, 5) is 15.2. The van der Waals surface area contributed by atoms with Crippen molar-refractivity contribution in [2.75, 3.05) is 5.32 Å². The first kappa shape index (κ1) is 12.2. The number of halogens is 2. The third-order valence-corrected chi connectivity index (χ3v) is 2.62. The highest BCUT2D eigenvalue weighted by Gasteiger charge is 2.02. The number of carbonyl (C=O) groups is 1. The third kappa shape index (κ3) is 4.01. The Bertz CT molecular complexity index is 414. The van der Waals surface area contributed by atoms with Crippen LogP contribution in [0.15, 0.2) is 28.4 Å². The molecule has 1 heterocycles. The Kier molecular flexibility index (Phi) is 4.29. The summed E-state index contributed by atoms with van der Waals surface area (Å²) in [6.07, 6.45) is 3.02. The van der Waals surface area contributed by atoms with Crippen LogP contribution in [0.4, 0.5) is 5.69 Å². The number of hydrogen-bond donors (Lipinski definition) is 1. The summed E-state index contributed by atoms with van der Waals surface area (Å²) < 4.78 is 0.652. The zero-order valence-corrected chi connectivity index (χ0v) is 10.7. The summed E-state index contributed by atoms with van der Waals surface area (Å²) in [6.45, 7) is 3.71. The van der Waals surface area contributed by atoms with Crippen molar-refractivity contribution in [3.63, 3.8) is 0 Å². The van der Waals surface area contributed by atoms with E-state index in [0.717, 1.165) is 5.57 Å². The van der Waals surface area contributed by atoms with E-state index in [4.69, 9.17) is 11.6 Å². The predicted octanol–water partition coefficient (Wildman–Crippen LogP) is 3.40. The average Bonchev–Trinajstić information content (AvgIpc) is 2.10. The first-order valence-corrected chi connectivity index (χ1v) is 5.43. The van der Waals surface area contributed by atoms with Crippen LogP contribution in [0.1, 0.15) is 13.8 Å². The van der Waals surface area contributed by atoms with Crippen LogP contribution >= 0.6 is 27.5 Å². The van der Waals surface area contributed by atoms with Crippen LogP contribution in [-0.2, 0) is 4.79 Å². The van der Waals surface area contributed by atoms with E-state index < -0.39 is 0 Å². The number of nitrogens with zero attached hydrogens (tertiary/aromatic N) is 1. The van der Waals surface area contributed by atoms with Gasteiger partial charge in [-0.15, -0.1) is 0 Å². The van der Waals surface area contributed by atoms with Crippen molar-refractivity contribution in [3.05, 3.63) is 33.5 Å². The molecule has 0 aromatic carbocycles. The summed E-state index contributed by atoms with van der Waals surface area (Å²) in [5.74, 6) is -0.175. The molecular formula is C10H10BrClN2O. The molecular weight excluding hydrogens is 279 g/mol. The zero-order valence-electron chi connectivity index (χ0n) is 8.34. The zero-order chi connectivity index (χ0) is 11.4. The van der Waals surface area contributed by atoms with E-state index in [1.807, 2.05) is 13.8 Å². The lowest BCUT2D eigenvalue weighted by molar-refractivity contribution is -0.111. The molecule has 1 amide bonds. The largest absolute Gasteiger partial charge is 0.321 e. The van der Waals surface area contributed by atoms with E-state index >= 15 is 0 Å². The molecule has 0 aliphatic rings. The molecule has 0 aliphatic heterocycles. The molecule has 0 aliphatic carbocycles. The predicted molar refractivity (Wildman–Crippen MR) is 65.0 cm³/mol. The monoisotopic (exact) mass is 288 g/mol. The topological polar surface area (TPSA) is 42.0 Å². The molecule has 0 atom stereocenters. The lowest BCUT2D eigenvalue weighted by atomic mass is 10.3. The summed E-state index contributed by atoms with van der Waals surface area (Å²) in [6, 6.07) is 1.70. The summed E-state index contributed by atoms with van der Waals surface area (Å²) >= 11 is 8.94. The number of pyridine rings is 1. The molecule has 1 rings (SSSR count). The standard InChI is InChI=1S/C10H10BrClN2O/c1-6(2)3-9(15)14-7-4-8(11)10(12)13-5-7/h3-5H,1-2H3,(H,14,15). The Hall–Kier alpha value is -0.870. The highest BCUT2D eigenvalue weighted by Crippen LogP contribution is 2.22. The average molecular weight is 290 g/mol. The van der Waals surface area contributed by atoms with Gasteiger partial charge in [0.05, 0.1) is 16.4 Å². The van der Waals surface area contributed by atoms with Crippen LogP contribution in [0, 0.1) is 0 Å². The Labute approximate surface area is 102 Å². The lowest BCUT2D eigenvalue weighted by Crippen LogP contribution is -2.08. The van der Waals surface area contributed by atoms with E-state index in [2.05, 4.69) is 26.2 Å². The summed E-state index contributed by atoms with van der Waals surface area (Å²) in [5.41, 5.74) is 1.54. The second kappa shape index (κ2) is 5.28. The van der Waals surface area contributed by atoms with Crippen LogP contribution in [-0.4, -0.2) is 10.9 Å². The van der Waals surface area contributed by atoms with Crippen LogP contribution < -0.4 is 5.32 Å². The molecule has 80 valence electrons. The molecule has 0 fully saturated rings. The maximum absolute atomic E-state index is 11.4. The van der Waals surface area contributed by atoms with Gasteiger partial charge >= 0.3 is 0 Å². The highest BCUT2D eigenvalue weighted by atomic mass is 79.9. The normalized spacial score (nSPS) is 9.60. The Morgan fingerprint density at radius 2 is 2.27 bits per heavy atom. The Balaban J connectivity index is 2.78. The van der Waals surface area contributed by atoms with Gasteiger partial charge in [-0.3, -0.25) is 4.79 Å². The number of carbonyl (C=O) groups excluding carboxylic acids is 1. The Morgan fingerprint density at radius 1 is 1.60 bits per heavy atom. The van der Waals surface area contributed by atoms with Gasteiger partial charge in [0.2, 0.25) is 5.91 Å². The molecule has 0 bridgehead atoms. The van der Waals surface area contributed by atoms with E-state index in [0.29, 0.717) is 15.3 Å². The first-order chi connectivity index (χ1) is 6.99. The highest BCUT2D eigenvalue weighted by molar-refractivity contribution is 9.10. The number of aromatic nitrogens is 1. The van der Waals surface area contributed by atoms with E-state index in [1.54, 1.807) is 6.07 Å². The minimum Gasteiger partial charge on any atom is -0.321 e. The summed E-state index contributed by atoms with van der Waals surface area (Å²) in [5, 5.41) is 3.05. The smallest absolute Gasteiger partial charge is 0.248 e. The minimum atomic E-state index is -0.175. The van der Waals surface area contributed by atoms with Gasteiger partial charge in [0.1, 0.15) is 5.15 Å². The fourth-order valence-electron chi connectivity index (χ4n) is 0.930. The molecule has 0 radical (unpaired) electrons. The SMILES string of the molecule is CC(C)=CC(=O)Nc1cnc(Cl)c(Br)c1. The number of allylic oxidation sites excluding steroid dienone is 1. The fraction of sp³-hybridized carbons (Fsp3) is 0.200. The molecule has 15 heavy (non-hydrogen) atoms. The van der Waals surface area contributed by atoms with Crippen molar-refractivity contribution in [1.82, 2.24) is 4.98 Å². The summed E-state index contributed by atoms with van der Waals surface area (Å²) in [7, 11) is 0. The fourth-order valence-corrected chi connectivity index (χ4v) is 1.38. The van der Waals surface area contributed by atoms with Crippen LogP contribution in [0.3, 0.4) is 0 Å². The van der Waals surface area contributed by atoms with Crippen LogP contribution in [0.2, 0.25) is 5.15 Å². The van der Waals surface area contributed by atoms with Crippen molar-refractivity contribution in [2.45, 2.75) is 13.8 Å². The molecule has 1 aromatic heterocycles. The number of rotatable bonds is 2. The second-order valence-electron chi connectivity index (χ2n) is 3.21. The van der Waals surface area contributed by atoms with Gasteiger partial charge in [-0.2, -0.15) is 0 Å². The molecule has 5 heteroatoms. The number of hydrogen-bond acceptors (Lipinski definition) is 2. The maximum atomic E-state index is 11.4. The minimum absolute atomic E-state index is 0.175. The lowest BCUT2D eigenvalue weighted by Gasteiger charge is -2.03. The quantitative estimate of drug-likeness (QED) is 0.670. The molecule has 0 saturated carbocycles. The molecule has 1 aromatic rings. The third-order valence-electron chi connectivity index (χ3n) is 1.48. The molecule has 0 unspecified atom stereocenters. The van der Waals surface area contributed by atoms with Gasteiger partial charge in [0.25, 0.3) is 0 Å². The van der Waals surface area contributed by atoms with Crippen molar-refractivity contribution in [1.29, 1.82) is 0 Å². The van der Waals surface area contributed by atoms with Gasteiger partial charge in [0, 0.05) is 6.08 Å². The van der Waals surface area contributed by atoms with E-state index in [1.165, 1.54) is 12.3 Å². The number of amides is 1. The molecule has 3 nitrogen and oxygen atoms in total. The molecule has 0 saturated heterocycles. The van der Waals surface area contributed by atoms with Gasteiger partial charge in [-0.25, -0.2) is 4.98 Å². The first-order valence-electron chi connectivity index (χ1n) is 4.26. The van der Waals surface area contributed by atoms with Crippen molar-refractivity contribution in [2.24, 2.45) is 0 Å². The van der Waals surface area contributed by atoms with Crippen LogP contribution in [0.25, 0.3) is 0 Å². The van der Waals surface area contributed by atoms with E-state index in [-0.39, 0.29) is 5.91 Å². The van der Waals surface area contributed by atoms with Crippen molar-refractivity contribution in [3.8, 4) is 0 Å². The second-order valence-corrected chi connectivity index (χ2v) is 4.42. The van der Waals surface area contributed by atoms with Crippen LogP contribution in [0.5, 0.6) is 0 Å².